The number of piperazine rings is 1. The van der Waals surface area contributed by atoms with Crippen molar-refractivity contribution in [2.24, 2.45) is 0 Å². The minimum absolute atomic E-state index is 0.0712. The maximum atomic E-state index is 16.6. The van der Waals surface area contributed by atoms with Crippen LogP contribution < -0.4 is 9.80 Å². The van der Waals surface area contributed by atoms with Gasteiger partial charge in [-0.25, -0.2) is 9.37 Å². The van der Waals surface area contributed by atoms with E-state index in [2.05, 4.69) is 21.3 Å². The molecular formula is C30H32ClFN6O2. The molecule has 10 heteroatoms. The van der Waals surface area contributed by atoms with Gasteiger partial charge in [0.05, 0.1) is 11.3 Å². The van der Waals surface area contributed by atoms with E-state index < -0.39 is 5.82 Å². The molecule has 0 aliphatic carbocycles. The number of carbonyl (C=O) groups is 1. The molecule has 0 saturated carbocycles. The fraction of sp³-hybridized carbons (Fsp3) is 0.367. The van der Waals surface area contributed by atoms with Crippen molar-refractivity contribution >= 4 is 51.1 Å². The molecule has 4 aromatic rings. The van der Waals surface area contributed by atoms with Crippen LogP contribution in [0, 0.1) is 5.82 Å². The summed E-state index contributed by atoms with van der Waals surface area (Å²) in [5, 5.41) is 1.59. The van der Waals surface area contributed by atoms with Gasteiger partial charge in [-0.2, -0.15) is 4.98 Å². The summed E-state index contributed by atoms with van der Waals surface area (Å²) in [4.78, 5) is 30.4. The molecular weight excluding hydrogens is 531 g/mol. The highest BCUT2D eigenvalue weighted by Crippen LogP contribution is 2.42. The molecule has 2 aromatic carbocycles. The fourth-order valence-electron chi connectivity index (χ4n) is 5.78. The van der Waals surface area contributed by atoms with Crippen LogP contribution >= 0.6 is 11.6 Å². The van der Waals surface area contributed by atoms with Gasteiger partial charge in [-0.15, -0.1) is 0 Å². The number of nitrogens with zero attached hydrogens (tertiary/aromatic N) is 6. The minimum atomic E-state index is -0.494. The van der Waals surface area contributed by atoms with Gasteiger partial charge in [0, 0.05) is 60.6 Å². The molecule has 0 radical (unpaired) electrons. The molecule has 0 N–H and O–H groups in total. The number of hydrogen-bond acceptors (Lipinski definition) is 7. The zero-order chi connectivity index (χ0) is 28.3. The Hall–Kier alpha value is -3.69. The van der Waals surface area contributed by atoms with Crippen LogP contribution in [0.2, 0.25) is 5.02 Å². The van der Waals surface area contributed by atoms with E-state index in [9.17, 15) is 4.79 Å². The monoisotopic (exact) mass is 562 g/mol. The Kier molecular flexibility index (Phi) is 6.67. The number of fused-ring (bicyclic) bond motifs is 2. The van der Waals surface area contributed by atoms with Gasteiger partial charge in [-0.1, -0.05) is 30.3 Å². The van der Waals surface area contributed by atoms with Crippen molar-refractivity contribution < 1.29 is 13.6 Å². The Bertz CT molecular complexity index is 1630. The number of hydrogen-bond donors (Lipinski definition) is 0. The van der Waals surface area contributed by atoms with Crippen LogP contribution in [-0.2, 0) is 4.79 Å². The van der Waals surface area contributed by atoms with Crippen LogP contribution in [0.25, 0.3) is 33.0 Å². The second-order valence-corrected chi connectivity index (χ2v) is 11.4. The molecule has 2 fully saturated rings. The van der Waals surface area contributed by atoms with Crippen LogP contribution in [0.3, 0.4) is 0 Å². The van der Waals surface area contributed by atoms with E-state index in [-0.39, 0.29) is 34.1 Å². The molecule has 1 amide bonds. The third kappa shape index (κ3) is 4.28. The van der Waals surface area contributed by atoms with Crippen molar-refractivity contribution in [1.82, 2.24) is 19.8 Å². The smallest absolute Gasteiger partial charge is 0.246 e. The van der Waals surface area contributed by atoms with E-state index in [1.807, 2.05) is 57.1 Å². The summed E-state index contributed by atoms with van der Waals surface area (Å²) in [6.07, 6.45) is 2.93. The summed E-state index contributed by atoms with van der Waals surface area (Å²) in [6, 6.07) is 9.31. The van der Waals surface area contributed by atoms with Crippen molar-refractivity contribution in [1.29, 1.82) is 0 Å². The van der Waals surface area contributed by atoms with E-state index in [4.69, 9.17) is 26.0 Å². The maximum absolute atomic E-state index is 16.6. The van der Waals surface area contributed by atoms with Crippen molar-refractivity contribution in [2.75, 3.05) is 50.1 Å². The van der Waals surface area contributed by atoms with E-state index in [1.54, 1.807) is 12.3 Å². The number of amides is 1. The molecule has 2 atom stereocenters. The molecule has 0 bridgehead atoms. The number of carbonyl (C=O) groups excluding carboxylic acids is 1. The number of likely N-dealkylation sites (N-methyl/N-ethyl adjacent to an activating group) is 1. The Balaban J connectivity index is 1.52. The zero-order valence-corrected chi connectivity index (χ0v) is 23.8. The first kappa shape index (κ1) is 26.5. The predicted octanol–water partition coefficient (Wildman–Crippen LogP) is 5.20. The van der Waals surface area contributed by atoms with Crippen molar-refractivity contribution in [3.05, 3.63) is 60.1 Å². The van der Waals surface area contributed by atoms with E-state index in [1.165, 1.54) is 6.08 Å². The molecule has 4 heterocycles. The lowest BCUT2D eigenvalue weighted by Gasteiger charge is -2.45. The predicted molar refractivity (Wildman–Crippen MR) is 158 cm³/mol. The van der Waals surface area contributed by atoms with Crippen LogP contribution in [-0.4, -0.2) is 84.1 Å². The summed E-state index contributed by atoms with van der Waals surface area (Å²) < 4.78 is 22.2. The zero-order valence-electron chi connectivity index (χ0n) is 23.1. The summed E-state index contributed by atoms with van der Waals surface area (Å²) in [5.41, 5.74) is 1.81. The summed E-state index contributed by atoms with van der Waals surface area (Å²) in [7, 11) is 4.10. The standard InChI is InChI=1S/C30H32ClFN6O2/c1-6-25(39)37-13-18(3)38(14-17(37)2)29-22-12-23(31)26(21-8-7-9-24-20(21)10-11-40-24)27(32)28(22)33-30(34-29)36-15-19(16-36)35(4)5/h6-12,17-19H,1,13-16H2,2-5H3/t17-,18+/m1/s1. The third-order valence-corrected chi connectivity index (χ3v) is 8.51. The molecule has 8 nitrogen and oxygen atoms in total. The fourth-order valence-corrected chi connectivity index (χ4v) is 6.07. The third-order valence-electron chi connectivity index (χ3n) is 8.21. The Morgan fingerprint density at radius 3 is 2.62 bits per heavy atom. The van der Waals surface area contributed by atoms with Crippen molar-refractivity contribution in [3.63, 3.8) is 0 Å². The number of halogens is 2. The van der Waals surface area contributed by atoms with Gasteiger partial charge in [-0.05, 0) is 57.8 Å². The normalized spacial score (nSPS) is 20.0. The number of furan rings is 1. The Morgan fingerprint density at radius 1 is 1.12 bits per heavy atom. The highest BCUT2D eigenvalue weighted by molar-refractivity contribution is 6.35. The van der Waals surface area contributed by atoms with E-state index >= 15 is 4.39 Å². The number of benzene rings is 2. The van der Waals surface area contributed by atoms with Crippen LogP contribution in [0.1, 0.15) is 13.8 Å². The largest absolute Gasteiger partial charge is 0.464 e. The average Bonchev–Trinajstić information content (AvgIpc) is 3.38. The second-order valence-electron chi connectivity index (χ2n) is 11.0. The van der Waals surface area contributed by atoms with Crippen LogP contribution in [0.4, 0.5) is 16.2 Å². The summed E-state index contributed by atoms with van der Waals surface area (Å²) in [6.45, 7) is 10.2. The maximum Gasteiger partial charge on any atom is 0.246 e. The lowest BCUT2D eigenvalue weighted by molar-refractivity contribution is -0.128. The molecule has 6 rings (SSSR count). The lowest BCUT2D eigenvalue weighted by atomic mass is 9.99. The Morgan fingerprint density at radius 2 is 1.90 bits per heavy atom. The first-order valence-electron chi connectivity index (χ1n) is 13.4. The molecule has 2 aliphatic heterocycles. The summed E-state index contributed by atoms with van der Waals surface area (Å²) >= 11 is 6.84. The average molecular weight is 563 g/mol. The molecule has 208 valence electrons. The van der Waals surface area contributed by atoms with Gasteiger partial charge in [0.25, 0.3) is 0 Å². The van der Waals surface area contributed by atoms with Gasteiger partial charge in [0.15, 0.2) is 5.82 Å². The first-order valence-corrected chi connectivity index (χ1v) is 13.8. The van der Waals surface area contributed by atoms with Crippen molar-refractivity contribution in [3.8, 4) is 11.1 Å². The minimum Gasteiger partial charge on any atom is -0.464 e. The highest BCUT2D eigenvalue weighted by Gasteiger charge is 2.36. The van der Waals surface area contributed by atoms with E-state index in [0.29, 0.717) is 47.4 Å². The number of aromatic nitrogens is 2. The van der Waals surface area contributed by atoms with Gasteiger partial charge >= 0.3 is 0 Å². The second kappa shape index (κ2) is 10.1. The molecule has 2 saturated heterocycles. The van der Waals surface area contributed by atoms with Gasteiger partial charge in [-0.3, -0.25) is 4.79 Å². The number of anilines is 2. The van der Waals surface area contributed by atoms with Crippen molar-refractivity contribution in [2.45, 2.75) is 32.0 Å². The first-order chi connectivity index (χ1) is 19.2. The van der Waals surface area contributed by atoms with Gasteiger partial charge in [0.2, 0.25) is 11.9 Å². The number of rotatable bonds is 5. The molecule has 40 heavy (non-hydrogen) atoms. The van der Waals surface area contributed by atoms with Crippen LogP contribution in [0.5, 0.6) is 0 Å². The molecule has 2 aromatic heterocycles. The summed E-state index contributed by atoms with van der Waals surface area (Å²) in [5.74, 6) is 0.507. The van der Waals surface area contributed by atoms with E-state index in [0.717, 1.165) is 18.5 Å². The molecule has 0 spiro atoms. The topological polar surface area (TPSA) is 69.0 Å². The Labute approximate surface area is 237 Å². The van der Waals surface area contributed by atoms with Crippen LogP contribution in [0.15, 0.2) is 53.7 Å². The SMILES string of the molecule is C=CC(=O)N1C[C@H](C)N(c2nc(N3CC(N(C)C)C3)nc3c(F)c(-c4cccc5occc45)c(Cl)cc23)C[C@H]1C. The molecule has 2 aliphatic rings. The molecule has 0 unspecified atom stereocenters. The quantitative estimate of drug-likeness (QED) is 0.310. The highest BCUT2D eigenvalue weighted by atomic mass is 35.5. The van der Waals surface area contributed by atoms with Gasteiger partial charge in [0.1, 0.15) is 16.9 Å². The van der Waals surface area contributed by atoms with Gasteiger partial charge < -0.3 is 24.0 Å². The lowest BCUT2D eigenvalue weighted by Crippen LogP contribution is -2.59.